The summed E-state index contributed by atoms with van der Waals surface area (Å²) < 4.78 is 44.9. The molecule has 4 aromatic rings. The number of hydrogen-bond donors (Lipinski definition) is 2. The lowest BCUT2D eigenvalue weighted by atomic mass is 10.2. The number of rotatable bonds is 6. The van der Waals surface area contributed by atoms with Crippen molar-refractivity contribution in [2.75, 3.05) is 5.32 Å². The first-order chi connectivity index (χ1) is 16.7. The quantitative estimate of drug-likeness (QED) is 0.360. The summed E-state index contributed by atoms with van der Waals surface area (Å²) in [7, 11) is 0. The van der Waals surface area contributed by atoms with E-state index in [2.05, 4.69) is 10.3 Å². The van der Waals surface area contributed by atoms with E-state index in [9.17, 15) is 27.9 Å². The number of alkyl halides is 3. The highest BCUT2D eigenvalue weighted by Crippen LogP contribution is 2.37. The van der Waals surface area contributed by atoms with E-state index in [0.717, 1.165) is 4.57 Å². The second-order valence-corrected chi connectivity index (χ2v) is 8.29. The molecule has 0 fully saturated rings. The third-order valence-corrected chi connectivity index (χ3v) is 5.37. The third-order valence-electron chi connectivity index (χ3n) is 4.63. The molecule has 180 valence electrons. The number of nitrogens with zero attached hydrogens (tertiary/aromatic N) is 3. The van der Waals surface area contributed by atoms with Gasteiger partial charge in [0.05, 0.1) is 18.4 Å². The molecule has 2 aromatic carbocycles. The molecule has 0 atom stereocenters. The maximum Gasteiger partial charge on any atom is 0.446 e. The van der Waals surface area contributed by atoms with Crippen LogP contribution in [-0.2, 0) is 6.54 Å². The minimum atomic E-state index is -4.43. The molecule has 0 saturated carbocycles. The zero-order chi connectivity index (χ0) is 25.0. The van der Waals surface area contributed by atoms with Gasteiger partial charge in [0.1, 0.15) is 11.6 Å². The van der Waals surface area contributed by atoms with E-state index in [1.165, 1.54) is 47.3 Å². The largest absolute Gasteiger partial charge is 0.493 e. The number of aromatic hydroxyl groups is 1. The Hall–Kier alpha value is -4.19. The summed E-state index contributed by atoms with van der Waals surface area (Å²) in [4.78, 5) is 28.9. The van der Waals surface area contributed by atoms with E-state index in [1.807, 2.05) is 0 Å². The van der Waals surface area contributed by atoms with Gasteiger partial charge in [-0.2, -0.15) is 13.2 Å². The van der Waals surface area contributed by atoms with Crippen LogP contribution in [0.15, 0.2) is 88.8 Å². The Kier molecular flexibility index (Phi) is 6.82. The van der Waals surface area contributed by atoms with Crippen molar-refractivity contribution in [2.24, 2.45) is 0 Å². The van der Waals surface area contributed by atoms with Crippen molar-refractivity contribution in [1.29, 1.82) is 0 Å². The van der Waals surface area contributed by atoms with Crippen molar-refractivity contribution >= 4 is 23.7 Å². The number of ether oxygens (including phenoxy) is 1. The van der Waals surface area contributed by atoms with Gasteiger partial charge in [-0.05, 0) is 65.9 Å². The summed E-state index contributed by atoms with van der Waals surface area (Å²) in [5.41, 5.74) is -4.24. The van der Waals surface area contributed by atoms with Gasteiger partial charge in [-0.25, -0.2) is 19.1 Å². The smallest absolute Gasteiger partial charge is 0.446 e. The number of halogens is 3. The highest BCUT2D eigenvalue weighted by Gasteiger charge is 2.29. The number of nitrogens with one attached hydrogen (secondary N) is 1. The lowest BCUT2D eigenvalue weighted by Crippen LogP contribution is -2.23. The van der Waals surface area contributed by atoms with E-state index in [1.54, 1.807) is 36.4 Å². The summed E-state index contributed by atoms with van der Waals surface area (Å²) in [6, 6.07) is 16.7. The van der Waals surface area contributed by atoms with Gasteiger partial charge in [0.2, 0.25) is 5.88 Å². The molecule has 2 aromatic heterocycles. The van der Waals surface area contributed by atoms with Gasteiger partial charge in [-0.3, -0.25) is 9.88 Å². The van der Waals surface area contributed by atoms with E-state index < -0.39 is 17.3 Å². The SMILES string of the molecule is O=C(Nc1cc(Cn2cc(O)n(-c3ccc(SC(F)(F)F)cc3)c2=O)ccn1)Oc1ccccc1. The van der Waals surface area contributed by atoms with E-state index in [4.69, 9.17) is 4.74 Å². The standard InChI is InChI=1S/C23H17F3N4O4S/c24-23(25,26)35-18-8-6-16(7-9-18)30-20(31)14-29(22(30)33)13-15-10-11-27-19(12-15)28-21(32)34-17-4-2-1-3-5-17/h1-12,14,31H,13H2,(H,27,28,32). The molecule has 12 heteroatoms. The third kappa shape index (κ3) is 6.23. The van der Waals surface area contributed by atoms with Gasteiger partial charge in [0.25, 0.3) is 0 Å². The first kappa shape index (κ1) is 24.0. The van der Waals surface area contributed by atoms with Crippen molar-refractivity contribution in [3.8, 4) is 17.3 Å². The zero-order valence-corrected chi connectivity index (χ0v) is 18.6. The molecule has 0 aliphatic carbocycles. The average molecular weight is 502 g/mol. The van der Waals surface area contributed by atoms with Gasteiger partial charge in [0.15, 0.2) is 0 Å². The second-order valence-electron chi connectivity index (χ2n) is 7.15. The molecule has 8 nitrogen and oxygen atoms in total. The molecule has 0 aliphatic heterocycles. The summed E-state index contributed by atoms with van der Waals surface area (Å²) in [6.45, 7) is 0.0341. The molecular weight excluding hydrogens is 485 g/mol. The molecule has 0 spiro atoms. The number of carbonyl (C=O) groups excluding carboxylic acids is 1. The zero-order valence-electron chi connectivity index (χ0n) is 17.8. The van der Waals surface area contributed by atoms with Gasteiger partial charge < -0.3 is 9.84 Å². The molecule has 0 bridgehead atoms. The molecular formula is C23H17F3N4O4S. The van der Waals surface area contributed by atoms with Gasteiger partial charge in [-0.15, -0.1) is 0 Å². The molecule has 4 rings (SSSR count). The number of imidazole rings is 1. The molecule has 0 radical (unpaired) electrons. The molecule has 2 N–H and O–H groups in total. The molecule has 2 heterocycles. The summed E-state index contributed by atoms with van der Waals surface area (Å²) >= 11 is -0.274. The normalized spacial score (nSPS) is 11.3. The lowest BCUT2D eigenvalue weighted by molar-refractivity contribution is -0.0328. The summed E-state index contributed by atoms with van der Waals surface area (Å²) in [5.74, 6) is 0.164. The number of para-hydroxylation sites is 1. The van der Waals surface area contributed by atoms with Crippen LogP contribution in [0.2, 0.25) is 0 Å². The van der Waals surface area contributed by atoms with Crippen LogP contribution in [-0.4, -0.2) is 30.8 Å². The lowest BCUT2D eigenvalue weighted by Gasteiger charge is -2.08. The predicted molar refractivity (Wildman–Crippen MR) is 123 cm³/mol. The number of amides is 1. The van der Waals surface area contributed by atoms with E-state index in [0.29, 0.717) is 11.3 Å². The Morgan fingerprint density at radius 2 is 1.80 bits per heavy atom. The molecule has 1 amide bonds. The first-order valence-electron chi connectivity index (χ1n) is 10.0. The monoisotopic (exact) mass is 502 g/mol. The van der Waals surface area contributed by atoms with Crippen molar-refractivity contribution in [3.05, 3.63) is 95.2 Å². The van der Waals surface area contributed by atoms with Gasteiger partial charge in [0, 0.05) is 11.1 Å². The van der Waals surface area contributed by atoms with E-state index in [-0.39, 0.29) is 40.6 Å². The van der Waals surface area contributed by atoms with Crippen LogP contribution in [0.25, 0.3) is 5.69 Å². The first-order valence-corrected chi connectivity index (χ1v) is 10.9. The average Bonchev–Trinajstić information content (AvgIpc) is 3.07. The van der Waals surface area contributed by atoms with Crippen LogP contribution in [0.5, 0.6) is 11.6 Å². The molecule has 35 heavy (non-hydrogen) atoms. The van der Waals surface area contributed by atoms with E-state index >= 15 is 0 Å². The number of hydrogen-bond acceptors (Lipinski definition) is 6. The fourth-order valence-corrected chi connectivity index (χ4v) is 3.73. The Balaban J connectivity index is 1.48. The minimum Gasteiger partial charge on any atom is -0.493 e. The van der Waals surface area contributed by atoms with Crippen molar-refractivity contribution < 1.29 is 27.8 Å². The molecule has 0 saturated heterocycles. The van der Waals surface area contributed by atoms with Gasteiger partial charge >= 0.3 is 17.3 Å². The highest BCUT2D eigenvalue weighted by atomic mass is 32.2. The van der Waals surface area contributed by atoms with Crippen LogP contribution >= 0.6 is 11.8 Å². The minimum absolute atomic E-state index is 0.0341. The fraction of sp³-hybridized carbons (Fsp3) is 0.0870. The molecule has 0 unspecified atom stereocenters. The predicted octanol–water partition coefficient (Wildman–Crippen LogP) is 5.01. The number of pyridine rings is 1. The maximum absolute atomic E-state index is 12.8. The molecule has 0 aliphatic rings. The van der Waals surface area contributed by atoms with Crippen molar-refractivity contribution in [2.45, 2.75) is 16.9 Å². The van der Waals surface area contributed by atoms with Crippen molar-refractivity contribution in [1.82, 2.24) is 14.1 Å². The van der Waals surface area contributed by atoms with Crippen LogP contribution < -0.4 is 15.7 Å². The Labute approximate surface area is 200 Å². The second kappa shape index (κ2) is 9.97. The Bertz CT molecular complexity index is 1390. The number of anilines is 1. The number of thioether (sulfide) groups is 1. The Morgan fingerprint density at radius 1 is 1.09 bits per heavy atom. The summed E-state index contributed by atoms with van der Waals surface area (Å²) in [6.07, 6.45) is 1.90. The maximum atomic E-state index is 12.8. The van der Waals surface area contributed by atoms with Crippen LogP contribution in [0.3, 0.4) is 0 Å². The summed E-state index contributed by atoms with van der Waals surface area (Å²) in [5, 5.41) is 12.8. The number of carbonyl (C=O) groups is 1. The van der Waals surface area contributed by atoms with Crippen LogP contribution in [0.1, 0.15) is 5.56 Å². The van der Waals surface area contributed by atoms with Crippen molar-refractivity contribution in [3.63, 3.8) is 0 Å². The van der Waals surface area contributed by atoms with Gasteiger partial charge in [-0.1, -0.05) is 18.2 Å². The number of aromatic nitrogens is 3. The highest BCUT2D eigenvalue weighted by molar-refractivity contribution is 8.00. The van der Waals surface area contributed by atoms with Crippen LogP contribution in [0, 0.1) is 0 Å². The Morgan fingerprint density at radius 3 is 2.49 bits per heavy atom. The topological polar surface area (TPSA) is 98.4 Å². The fourth-order valence-electron chi connectivity index (χ4n) is 3.20. The number of benzene rings is 2. The van der Waals surface area contributed by atoms with Crippen LogP contribution in [0.4, 0.5) is 23.8 Å².